The molecule has 1 amide bonds. The SMILES string of the molecule is NC(=O)CCCN=C(N)NO. The van der Waals surface area contributed by atoms with E-state index in [0.717, 1.165) is 0 Å². The number of nitrogens with one attached hydrogen (secondary N) is 1. The van der Waals surface area contributed by atoms with Crippen LogP contribution in [0.25, 0.3) is 0 Å². The Morgan fingerprint density at radius 3 is 2.64 bits per heavy atom. The van der Waals surface area contributed by atoms with Gasteiger partial charge in [0.05, 0.1) is 0 Å². The second kappa shape index (κ2) is 5.48. The highest BCUT2D eigenvalue weighted by Gasteiger charge is 1.92. The molecule has 6 N–H and O–H groups in total. The summed E-state index contributed by atoms with van der Waals surface area (Å²) in [5.41, 5.74) is 11.6. The van der Waals surface area contributed by atoms with Crippen molar-refractivity contribution in [2.24, 2.45) is 16.5 Å². The first-order chi connectivity index (χ1) is 5.16. The van der Waals surface area contributed by atoms with Crippen LogP contribution in [0.4, 0.5) is 0 Å². The first-order valence-corrected chi connectivity index (χ1v) is 3.15. The molecule has 0 bridgehead atoms. The maximum atomic E-state index is 10.2. The lowest BCUT2D eigenvalue weighted by Gasteiger charge is -1.96. The quantitative estimate of drug-likeness (QED) is 0.174. The standard InChI is InChI=1S/C5H12N4O2/c6-4(10)2-1-3-8-5(7)9-11/h11H,1-3H2,(H2,6,10)(H3,7,8,9). The highest BCUT2D eigenvalue weighted by atomic mass is 16.5. The van der Waals surface area contributed by atoms with Crippen molar-refractivity contribution in [1.82, 2.24) is 5.48 Å². The van der Waals surface area contributed by atoms with Gasteiger partial charge in [0.25, 0.3) is 0 Å². The maximum absolute atomic E-state index is 10.2. The summed E-state index contributed by atoms with van der Waals surface area (Å²) < 4.78 is 0. The molecule has 0 unspecified atom stereocenters. The molecular weight excluding hydrogens is 148 g/mol. The molecule has 0 heterocycles. The first kappa shape index (κ1) is 9.70. The Bertz CT molecular complexity index is 157. The van der Waals surface area contributed by atoms with Crippen LogP contribution in [0.1, 0.15) is 12.8 Å². The average Bonchev–Trinajstić information content (AvgIpc) is 1.97. The van der Waals surface area contributed by atoms with Crippen LogP contribution in [-0.2, 0) is 4.79 Å². The van der Waals surface area contributed by atoms with Crippen LogP contribution < -0.4 is 16.9 Å². The third-order valence-electron chi connectivity index (χ3n) is 0.978. The molecule has 0 aromatic rings. The normalized spacial score (nSPS) is 11.2. The summed E-state index contributed by atoms with van der Waals surface area (Å²) in [6.45, 7) is 0.377. The number of rotatable bonds is 4. The number of carbonyl (C=O) groups is 1. The zero-order valence-electron chi connectivity index (χ0n) is 6.08. The van der Waals surface area contributed by atoms with Gasteiger partial charge in [0, 0.05) is 13.0 Å². The molecule has 6 heteroatoms. The van der Waals surface area contributed by atoms with Crippen LogP contribution >= 0.6 is 0 Å². The molecule has 0 aliphatic carbocycles. The van der Waals surface area contributed by atoms with E-state index in [0.29, 0.717) is 13.0 Å². The lowest BCUT2D eigenvalue weighted by molar-refractivity contribution is -0.118. The Hall–Kier alpha value is -1.30. The molecule has 0 atom stereocenters. The van der Waals surface area contributed by atoms with E-state index in [1.54, 1.807) is 5.48 Å². The zero-order valence-corrected chi connectivity index (χ0v) is 6.08. The lowest BCUT2D eigenvalue weighted by atomic mass is 10.3. The van der Waals surface area contributed by atoms with Crippen molar-refractivity contribution in [3.63, 3.8) is 0 Å². The summed E-state index contributed by atoms with van der Waals surface area (Å²) in [4.78, 5) is 13.8. The molecule has 0 rings (SSSR count). The molecule has 0 aromatic heterocycles. The number of hydrogen-bond acceptors (Lipinski definition) is 3. The van der Waals surface area contributed by atoms with Crippen LogP contribution in [0, 0.1) is 0 Å². The van der Waals surface area contributed by atoms with Gasteiger partial charge in [-0.1, -0.05) is 0 Å². The van der Waals surface area contributed by atoms with Crippen LogP contribution in [0.3, 0.4) is 0 Å². The Labute approximate surface area is 64.2 Å². The highest BCUT2D eigenvalue weighted by Crippen LogP contribution is 1.86. The van der Waals surface area contributed by atoms with Gasteiger partial charge in [0.15, 0.2) is 0 Å². The summed E-state index contributed by atoms with van der Waals surface area (Å²) in [5, 5.41) is 8.15. The smallest absolute Gasteiger partial charge is 0.217 e. The van der Waals surface area contributed by atoms with Crippen molar-refractivity contribution in [2.75, 3.05) is 6.54 Å². The van der Waals surface area contributed by atoms with Crippen molar-refractivity contribution >= 4 is 11.9 Å². The summed E-state index contributed by atoms with van der Waals surface area (Å²) >= 11 is 0. The second-order valence-corrected chi connectivity index (χ2v) is 1.95. The molecule has 0 spiro atoms. The van der Waals surface area contributed by atoms with E-state index in [1.807, 2.05) is 0 Å². The Kier molecular flexibility index (Phi) is 4.83. The molecule has 0 aromatic carbocycles. The van der Waals surface area contributed by atoms with Gasteiger partial charge in [-0.25, -0.2) is 5.48 Å². The third-order valence-corrected chi connectivity index (χ3v) is 0.978. The molecule has 11 heavy (non-hydrogen) atoms. The van der Waals surface area contributed by atoms with Crippen molar-refractivity contribution in [2.45, 2.75) is 12.8 Å². The van der Waals surface area contributed by atoms with Gasteiger partial charge in [0.1, 0.15) is 0 Å². The molecule has 0 saturated heterocycles. The summed E-state index contributed by atoms with van der Waals surface area (Å²) in [5.74, 6) is -0.426. The number of nitrogens with two attached hydrogens (primary N) is 2. The molecule has 0 aliphatic heterocycles. The number of hydroxylamine groups is 1. The molecule has 0 saturated carbocycles. The lowest BCUT2D eigenvalue weighted by Crippen LogP contribution is -2.28. The minimum absolute atomic E-state index is 0.0607. The van der Waals surface area contributed by atoms with Gasteiger partial charge in [0.2, 0.25) is 11.9 Å². The van der Waals surface area contributed by atoms with Gasteiger partial charge in [-0.3, -0.25) is 15.0 Å². The van der Waals surface area contributed by atoms with Crippen LogP contribution in [0.5, 0.6) is 0 Å². The van der Waals surface area contributed by atoms with E-state index < -0.39 is 0 Å². The Morgan fingerprint density at radius 1 is 1.55 bits per heavy atom. The number of primary amides is 1. The van der Waals surface area contributed by atoms with E-state index in [1.165, 1.54) is 0 Å². The fourth-order valence-electron chi connectivity index (χ4n) is 0.488. The summed E-state index contributed by atoms with van der Waals surface area (Å²) in [6.07, 6.45) is 0.819. The van der Waals surface area contributed by atoms with E-state index in [4.69, 9.17) is 16.7 Å². The Balaban J connectivity index is 3.33. The van der Waals surface area contributed by atoms with Crippen molar-refractivity contribution in [3.8, 4) is 0 Å². The topological polar surface area (TPSA) is 114 Å². The van der Waals surface area contributed by atoms with Gasteiger partial charge in [-0.05, 0) is 6.42 Å². The van der Waals surface area contributed by atoms with Crippen molar-refractivity contribution in [3.05, 3.63) is 0 Å². The third kappa shape index (κ3) is 6.59. The zero-order chi connectivity index (χ0) is 8.69. The minimum atomic E-state index is -0.365. The van der Waals surface area contributed by atoms with E-state index in [2.05, 4.69) is 4.99 Å². The van der Waals surface area contributed by atoms with Gasteiger partial charge < -0.3 is 11.5 Å². The predicted molar refractivity (Wildman–Crippen MR) is 39.8 cm³/mol. The van der Waals surface area contributed by atoms with Gasteiger partial charge >= 0.3 is 0 Å². The maximum Gasteiger partial charge on any atom is 0.217 e. The van der Waals surface area contributed by atoms with Gasteiger partial charge in [-0.15, -0.1) is 0 Å². The van der Waals surface area contributed by atoms with E-state index in [9.17, 15) is 4.79 Å². The number of aliphatic imine (C=N–C) groups is 1. The highest BCUT2D eigenvalue weighted by molar-refractivity contribution is 5.76. The molecule has 0 fully saturated rings. The van der Waals surface area contributed by atoms with Crippen molar-refractivity contribution < 1.29 is 10.0 Å². The second-order valence-electron chi connectivity index (χ2n) is 1.95. The molecule has 6 nitrogen and oxygen atoms in total. The number of nitrogens with zero attached hydrogens (tertiary/aromatic N) is 1. The van der Waals surface area contributed by atoms with E-state index in [-0.39, 0.29) is 18.3 Å². The molecule has 0 radical (unpaired) electrons. The predicted octanol–water partition coefficient (Wildman–Crippen LogP) is -1.45. The number of amides is 1. The molecule has 64 valence electrons. The molecular formula is C5H12N4O2. The first-order valence-electron chi connectivity index (χ1n) is 3.15. The van der Waals surface area contributed by atoms with Crippen LogP contribution in [0.15, 0.2) is 4.99 Å². The largest absolute Gasteiger partial charge is 0.370 e. The van der Waals surface area contributed by atoms with Crippen molar-refractivity contribution in [1.29, 1.82) is 0 Å². The monoisotopic (exact) mass is 160 g/mol. The van der Waals surface area contributed by atoms with Gasteiger partial charge in [-0.2, -0.15) is 0 Å². The fraction of sp³-hybridized carbons (Fsp3) is 0.600. The number of carbonyl (C=O) groups excluding carboxylic acids is 1. The van der Waals surface area contributed by atoms with Crippen LogP contribution in [-0.4, -0.2) is 23.6 Å². The minimum Gasteiger partial charge on any atom is -0.370 e. The summed E-state index contributed by atoms with van der Waals surface area (Å²) in [6, 6.07) is 0. The number of guanidine groups is 1. The van der Waals surface area contributed by atoms with Crippen LogP contribution in [0.2, 0.25) is 0 Å². The Morgan fingerprint density at radius 2 is 2.18 bits per heavy atom. The van der Waals surface area contributed by atoms with E-state index >= 15 is 0 Å². The average molecular weight is 160 g/mol. The fourth-order valence-corrected chi connectivity index (χ4v) is 0.488. The number of hydrogen-bond donors (Lipinski definition) is 4. The molecule has 0 aliphatic rings. The summed E-state index contributed by atoms with van der Waals surface area (Å²) in [7, 11) is 0.